The normalized spacial score (nSPS) is 22.9. The number of sulfonamides is 1. The Labute approximate surface area is 122 Å². The van der Waals surface area contributed by atoms with Gasteiger partial charge in [-0.1, -0.05) is 0 Å². The summed E-state index contributed by atoms with van der Waals surface area (Å²) >= 11 is 0. The molecule has 0 aliphatic carbocycles. The van der Waals surface area contributed by atoms with Crippen LogP contribution in [-0.4, -0.2) is 47.6 Å². The van der Waals surface area contributed by atoms with Crippen molar-refractivity contribution >= 4 is 16.0 Å². The Balaban J connectivity index is 2.47. The third kappa shape index (κ3) is 2.76. The first-order valence-electron chi connectivity index (χ1n) is 6.21. The minimum Gasteiger partial charge on any atom is -0.480 e. The van der Waals surface area contributed by atoms with Crippen LogP contribution in [0.5, 0.6) is 0 Å². The molecule has 0 radical (unpaired) electrons. The SMILES string of the molecule is Cc1cc(C#N)ccc1S(=O)(=O)N1CC(O)C[C@H]1C(=O)O. The minimum atomic E-state index is -4.04. The monoisotopic (exact) mass is 310 g/mol. The Kier molecular flexibility index (Phi) is 4.00. The molecule has 1 saturated heterocycles. The number of aliphatic hydroxyl groups excluding tert-OH is 1. The summed E-state index contributed by atoms with van der Waals surface area (Å²) in [6, 6.07) is 4.70. The predicted octanol–water partition coefficient (Wildman–Crippen LogP) is 0.0752. The number of carbonyl (C=O) groups is 1. The fourth-order valence-electron chi connectivity index (χ4n) is 2.41. The van der Waals surface area contributed by atoms with Gasteiger partial charge in [0.15, 0.2) is 0 Å². The van der Waals surface area contributed by atoms with Crippen molar-refractivity contribution in [1.29, 1.82) is 5.26 Å². The molecule has 0 bridgehead atoms. The first kappa shape index (κ1) is 15.4. The summed E-state index contributed by atoms with van der Waals surface area (Å²) in [6.07, 6.45) is -1.14. The molecule has 1 aliphatic heterocycles. The van der Waals surface area contributed by atoms with Gasteiger partial charge in [0.25, 0.3) is 0 Å². The summed E-state index contributed by atoms with van der Waals surface area (Å²) in [5.74, 6) is -1.29. The van der Waals surface area contributed by atoms with Crippen LogP contribution < -0.4 is 0 Å². The number of carboxylic acid groups (broad SMARTS) is 1. The first-order valence-corrected chi connectivity index (χ1v) is 7.65. The van der Waals surface area contributed by atoms with E-state index in [1.54, 1.807) is 0 Å². The van der Waals surface area contributed by atoms with Crippen LogP contribution in [0.2, 0.25) is 0 Å². The van der Waals surface area contributed by atoms with Crippen LogP contribution in [0, 0.1) is 18.3 Å². The summed E-state index contributed by atoms with van der Waals surface area (Å²) in [5, 5.41) is 27.5. The largest absolute Gasteiger partial charge is 0.480 e. The van der Waals surface area contributed by atoms with Crippen LogP contribution in [0.4, 0.5) is 0 Å². The topological polar surface area (TPSA) is 119 Å². The molecule has 1 aromatic carbocycles. The highest BCUT2D eigenvalue weighted by Gasteiger charge is 2.43. The second-order valence-corrected chi connectivity index (χ2v) is 6.77. The molecule has 0 spiro atoms. The Morgan fingerprint density at radius 2 is 2.14 bits per heavy atom. The molecule has 1 unspecified atom stereocenters. The number of β-amino-alcohol motifs (C(OH)–C–C–N with tert-alkyl or cyclic N) is 1. The summed E-state index contributed by atoms with van der Waals surface area (Å²) in [6.45, 7) is 1.29. The van der Waals surface area contributed by atoms with E-state index in [1.165, 1.54) is 25.1 Å². The molecule has 21 heavy (non-hydrogen) atoms. The quantitative estimate of drug-likeness (QED) is 0.816. The van der Waals surface area contributed by atoms with Crippen LogP contribution in [0.1, 0.15) is 17.5 Å². The van der Waals surface area contributed by atoms with Gasteiger partial charge in [0.05, 0.1) is 22.6 Å². The maximum Gasteiger partial charge on any atom is 0.322 e. The van der Waals surface area contributed by atoms with Crippen LogP contribution in [0.25, 0.3) is 0 Å². The molecule has 0 aromatic heterocycles. The van der Waals surface area contributed by atoms with E-state index in [0.717, 1.165) is 4.31 Å². The second kappa shape index (κ2) is 5.44. The van der Waals surface area contributed by atoms with Gasteiger partial charge in [-0.3, -0.25) is 4.79 Å². The molecule has 0 amide bonds. The van der Waals surface area contributed by atoms with Crippen molar-refractivity contribution in [1.82, 2.24) is 4.31 Å². The van der Waals surface area contributed by atoms with E-state index in [2.05, 4.69) is 0 Å². The fourth-order valence-corrected chi connectivity index (χ4v) is 4.25. The molecule has 2 N–H and O–H groups in total. The van der Waals surface area contributed by atoms with E-state index in [1.807, 2.05) is 6.07 Å². The lowest BCUT2D eigenvalue weighted by Gasteiger charge is -2.21. The van der Waals surface area contributed by atoms with Crippen LogP contribution >= 0.6 is 0 Å². The summed E-state index contributed by atoms with van der Waals surface area (Å²) in [4.78, 5) is 11.1. The highest BCUT2D eigenvalue weighted by atomic mass is 32.2. The Morgan fingerprint density at radius 1 is 1.48 bits per heavy atom. The number of hydrogen-bond acceptors (Lipinski definition) is 5. The third-order valence-electron chi connectivity index (χ3n) is 3.41. The lowest BCUT2D eigenvalue weighted by atomic mass is 10.2. The van der Waals surface area contributed by atoms with E-state index < -0.39 is 28.1 Å². The number of nitrogens with zero attached hydrogens (tertiary/aromatic N) is 2. The number of aliphatic hydroxyl groups is 1. The number of carboxylic acids is 1. The fraction of sp³-hybridized carbons (Fsp3) is 0.385. The van der Waals surface area contributed by atoms with Gasteiger partial charge in [-0.15, -0.1) is 0 Å². The number of hydrogen-bond donors (Lipinski definition) is 2. The Bertz CT molecular complexity index is 723. The third-order valence-corrected chi connectivity index (χ3v) is 5.44. The van der Waals surface area contributed by atoms with Gasteiger partial charge in [0, 0.05) is 13.0 Å². The van der Waals surface area contributed by atoms with Gasteiger partial charge in [-0.25, -0.2) is 8.42 Å². The van der Waals surface area contributed by atoms with Crippen molar-refractivity contribution in [2.24, 2.45) is 0 Å². The van der Waals surface area contributed by atoms with Crippen molar-refractivity contribution in [3.63, 3.8) is 0 Å². The molecular weight excluding hydrogens is 296 g/mol. The highest BCUT2D eigenvalue weighted by molar-refractivity contribution is 7.89. The molecule has 2 rings (SSSR count). The number of aliphatic carboxylic acids is 1. The van der Waals surface area contributed by atoms with Crippen molar-refractivity contribution in [2.75, 3.05) is 6.54 Å². The smallest absolute Gasteiger partial charge is 0.322 e. The van der Waals surface area contributed by atoms with Gasteiger partial charge in [0.2, 0.25) is 10.0 Å². The molecule has 1 fully saturated rings. The maximum atomic E-state index is 12.6. The number of nitriles is 1. The standard InChI is InChI=1S/C13H14N2O5S/c1-8-4-9(6-14)2-3-12(8)21(19,20)15-7-10(16)5-11(15)13(17)18/h2-4,10-11,16H,5,7H2,1H3,(H,17,18)/t10?,11-/m0/s1. The van der Waals surface area contributed by atoms with Gasteiger partial charge in [-0.2, -0.15) is 9.57 Å². The first-order chi connectivity index (χ1) is 9.77. The van der Waals surface area contributed by atoms with E-state index in [-0.39, 0.29) is 17.9 Å². The van der Waals surface area contributed by atoms with E-state index in [4.69, 9.17) is 10.4 Å². The Morgan fingerprint density at radius 3 is 2.67 bits per heavy atom. The molecule has 2 atom stereocenters. The zero-order valence-electron chi connectivity index (χ0n) is 11.2. The van der Waals surface area contributed by atoms with Gasteiger partial charge in [0.1, 0.15) is 6.04 Å². The molecule has 1 heterocycles. The summed E-state index contributed by atoms with van der Waals surface area (Å²) < 4.78 is 26.0. The Hall–Kier alpha value is -1.95. The van der Waals surface area contributed by atoms with Crippen molar-refractivity contribution in [2.45, 2.75) is 30.4 Å². The summed E-state index contributed by atoms with van der Waals surface area (Å²) in [7, 11) is -4.04. The van der Waals surface area contributed by atoms with Crippen molar-refractivity contribution in [3.8, 4) is 6.07 Å². The van der Waals surface area contributed by atoms with Gasteiger partial charge >= 0.3 is 5.97 Å². The lowest BCUT2D eigenvalue weighted by molar-refractivity contribution is -0.140. The lowest BCUT2D eigenvalue weighted by Crippen LogP contribution is -2.40. The predicted molar refractivity (Wildman–Crippen MR) is 71.8 cm³/mol. The summed E-state index contributed by atoms with van der Waals surface area (Å²) in [5.41, 5.74) is 0.683. The van der Waals surface area contributed by atoms with Crippen molar-refractivity contribution in [3.05, 3.63) is 29.3 Å². The molecule has 1 aromatic rings. The molecular formula is C13H14N2O5S. The molecule has 1 aliphatic rings. The number of rotatable bonds is 3. The van der Waals surface area contributed by atoms with E-state index >= 15 is 0 Å². The zero-order chi connectivity index (χ0) is 15.8. The maximum absolute atomic E-state index is 12.6. The van der Waals surface area contributed by atoms with Crippen LogP contribution in [0.3, 0.4) is 0 Å². The average molecular weight is 310 g/mol. The van der Waals surface area contributed by atoms with Gasteiger partial charge < -0.3 is 10.2 Å². The van der Waals surface area contributed by atoms with Crippen LogP contribution in [0.15, 0.2) is 23.1 Å². The zero-order valence-corrected chi connectivity index (χ0v) is 12.0. The molecule has 7 nitrogen and oxygen atoms in total. The van der Waals surface area contributed by atoms with E-state index in [9.17, 15) is 18.3 Å². The van der Waals surface area contributed by atoms with Crippen LogP contribution in [-0.2, 0) is 14.8 Å². The van der Waals surface area contributed by atoms with E-state index in [0.29, 0.717) is 11.1 Å². The number of aryl methyl sites for hydroxylation is 1. The second-order valence-electron chi connectivity index (χ2n) is 4.91. The van der Waals surface area contributed by atoms with Gasteiger partial charge in [-0.05, 0) is 30.7 Å². The van der Waals surface area contributed by atoms with Crippen molar-refractivity contribution < 1.29 is 23.4 Å². The average Bonchev–Trinajstić information content (AvgIpc) is 2.81. The number of benzene rings is 1. The molecule has 112 valence electrons. The molecule has 0 saturated carbocycles. The minimum absolute atomic E-state index is 0.0538. The highest BCUT2D eigenvalue weighted by Crippen LogP contribution is 2.28. The molecule has 8 heteroatoms.